The van der Waals surface area contributed by atoms with Crippen molar-refractivity contribution in [3.8, 4) is 0 Å². The molecule has 1 aromatic rings. The molecule has 1 aromatic carbocycles. The smallest absolute Gasteiger partial charge is 0.193 e. The van der Waals surface area contributed by atoms with Crippen molar-refractivity contribution in [3.63, 3.8) is 0 Å². The van der Waals surface area contributed by atoms with Gasteiger partial charge in [0.1, 0.15) is 0 Å². The van der Waals surface area contributed by atoms with Crippen LogP contribution in [0.25, 0.3) is 0 Å². The zero-order chi connectivity index (χ0) is 19.2. The van der Waals surface area contributed by atoms with Gasteiger partial charge in [0.15, 0.2) is 5.96 Å². The molecule has 1 saturated carbocycles. The molecule has 1 aliphatic carbocycles. The first-order valence-corrected chi connectivity index (χ1v) is 11.0. The van der Waals surface area contributed by atoms with Crippen molar-refractivity contribution < 1.29 is 9.47 Å². The van der Waals surface area contributed by atoms with Gasteiger partial charge in [-0.15, -0.1) is 24.0 Å². The van der Waals surface area contributed by atoms with Crippen molar-refractivity contribution in [2.24, 2.45) is 4.99 Å². The molecule has 2 aliphatic heterocycles. The minimum Gasteiger partial charge on any atom is -0.376 e. The molecule has 0 aromatic heterocycles. The molecule has 5 nitrogen and oxygen atoms in total. The number of guanidine groups is 1. The molecule has 1 N–H and O–H groups in total. The van der Waals surface area contributed by atoms with E-state index < -0.39 is 0 Å². The van der Waals surface area contributed by atoms with Gasteiger partial charge in [0.25, 0.3) is 0 Å². The fourth-order valence-electron chi connectivity index (χ4n) is 4.51. The van der Waals surface area contributed by atoms with E-state index in [1.54, 1.807) is 0 Å². The number of piperidine rings is 1. The SMILES string of the molecule is CN=C(NCC1(c2ccccc2)CC1)N1CCC(OCC2CCCCO2)CC1.I. The molecule has 29 heavy (non-hydrogen) atoms. The molecule has 1 atom stereocenters. The van der Waals surface area contributed by atoms with Crippen LogP contribution in [0.4, 0.5) is 0 Å². The summed E-state index contributed by atoms with van der Waals surface area (Å²) in [4.78, 5) is 6.94. The van der Waals surface area contributed by atoms with Crippen LogP contribution < -0.4 is 5.32 Å². The molecule has 0 amide bonds. The molecule has 162 valence electrons. The van der Waals surface area contributed by atoms with Gasteiger partial charge in [-0.1, -0.05) is 30.3 Å². The van der Waals surface area contributed by atoms with Gasteiger partial charge >= 0.3 is 0 Å². The number of nitrogens with one attached hydrogen (secondary N) is 1. The van der Waals surface area contributed by atoms with E-state index in [0.29, 0.717) is 17.6 Å². The zero-order valence-electron chi connectivity index (χ0n) is 17.6. The van der Waals surface area contributed by atoms with Crippen molar-refractivity contribution in [2.45, 2.75) is 62.6 Å². The van der Waals surface area contributed by atoms with Crippen LogP contribution in [0, 0.1) is 0 Å². The van der Waals surface area contributed by atoms with Crippen molar-refractivity contribution in [2.75, 3.05) is 39.9 Å². The highest BCUT2D eigenvalue weighted by Gasteiger charge is 2.44. The lowest BCUT2D eigenvalue weighted by Crippen LogP contribution is -2.48. The summed E-state index contributed by atoms with van der Waals surface area (Å²) in [6, 6.07) is 10.9. The number of benzene rings is 1. The number of halogens is 1. The maximum absolute atomic E-state index is 6.15. The van der Waals surface area contributed by atoms with Crippen LogP contribution in [0.3, 0.4) is 0 Å². The monoisotopic (exact) mass is 513 g/mol. The molecule has 6 heteroatoms. The summed E-state index contributed by atoms with van der Waals surface area (Å²) in [5.74, 6) is 1.04. The van der Waals surface area contributed by atoms with Crippen LogP contribution in [-0.4, -0.2) is 63.0 Å². The fraction of sp³-hybridized carbons (Fsp3) is 0.696. The van der Waals surface area contributed by atoms with Gasteiger partial charge in [0.2, 0.25) is 0 Å². The molecular weight excluding hydrogens is 477 g/mol. The van der Waals surface area contributed by atoms with Gasteiger partial charge in [-0.25, -0.2) is 0 Å². The van der Waals surface area contributed by atoms with Gasteiger partial charge in [0.05, 0.1) is 18.8 Å². The lowest BCUT2D eigenvalue weighted by atomic mass is 9.96. The second-order valence-corrected chi connectivity index (χ2v) is 8.56. The Morgan fingerprint density at radius 1 is 1.17 bits per heavy atom. The molecule has 2 heterocycles. The maximum Gasteiger partial charge on any atom is 0.193 e. The highest BCUT2D eigenvalue weighted by Crippen LogP contribution is 2.47. The highest BCUT2D eigenvalue weighted by atomic mass is 127. The van der Waals surface area contributed by atoms with E-state index in [1.165, 1.54) is 31.2 Å². The van der Waals surface area contributed by atoms with Crippen molar-refractivity contribution in [3.05, 3.63) is 35.9 Å². The Labute approximate surface area is 192 Å². The summed E-state index contributed by atoms with van der Waals surface area (Å²) in [5.41, 5.74) is 1.76. The molecule has 1 unspecified atom stereocenters. The fourth-order valence-corrected chi connectivity index (χ4v) is 4.51. The summed E-state index contributed by atoms with van der Waals surface area (Å²) < 4.78 is 11.9. The average molecular weight is 513 g/mol. The average Bonchev–Trinajstić information content (AvgIpc) is 3.56. The molecule has 4 rings (SSSR count). The summed E-state index contributed by atoms with van der Waals surface area (Å²) in [6.07, 6.45) is 8.96. The Hall–Kier alpha value is -0.860. The largest absolute Gasteiger partial charge is 0.376 e. The third-order valence-corrected chi connectivity index (χ3v) is 6.57. The van der Waals surface area contributed by atoms with Crippen molar-refractivity contribution in [1.29, 1.82) is 0 Å². The molecule has 0 radical (unpaired) electrons. The standard InChI is InChI=1S/C23H35N3O2.HI/c1-24-22(25-18-23(12-13-23)19-7-3-2-4-8-19)26-14-10-20(11-15-26)28-17-21-9-5-6-16-27-21;/h2-4,7-8,20-21H,5-6,9-18H2,1H3,(H,24,25);1H. The third kappa shape index (κ3) is 6.07. The maximum atomic E-state index is 6.15. The molecule has 3 fully saturated rings. The number of likely N-dealkylation sites (tertiary alicyclic amines) is 1. The number of rotatable bonds is 6. The van der Waals surface area contributed by atoms with E-state index in [2.05, 4.69) is 45.5 Å². The van der Waals surface area contributed by atoms with Crippen LogP contribution >= 0.6 is 24.0 Å². The minimum atomic E-state index is 0. The molecule has 0 spiro atoms. The first-order valence-electron chi connectivity index (χ1n) is 11.0. The van der Waals surface area contributed by atoms with Crippen molar-refractivity contribution >= 4 is 29.9 Å². The zero-order valence-corrected chi connectivity index (χ0v) is 20.0. The molecule has 0 bridgehead atoms. The van der Waals surface area contributed by atoms with Gasteiger partial charge in [-0.3, -0.25) is 4.99 Å². The Morgan fingerprint density at radius 2 is 1.93 bits per heavy atom. The summed E-state index contributed by atoms with van der Waals surface area (Å²) in [7, 11) is 1.90. The number of ether oxygens (including phenoxy) is 2. The lowest BCUT2D eigenvalue weighted by molar-refractivity contribution is -0.0721. The van der Waals surface area contributed by atoms with Gasteiger partial charge in [-0.2, -0.15) is 0 Å². The predicted octanol–water partition coefficient (Wildman–Crippen LogP) is 3.96. The Morgan fingerprint density at radius 3 is 2.55 bits per heavy atom. The second-order valence-electron chi connectivity index (χ2n) is 8.56. The molecular formula is C23H36IN3O2. The van der Waals surface area contributed by atoms with E-state index >= 15 is 0 Å². The van der Waals surface area contributed by atoms with Crippen LogP contribution in [0.15, 0.2) is 35.3 Å². The normalized spacial score (nSPS) is 24.7. The number of nitrogens with zero attached hydrogens (tertiary/aromatic N) is 2. The molecule has 3 aliphatic rings. The van der Waals surface area contributed by atoms with Crippen LogP contribution in [0.5, 0.6) is 0 Å². The first-order chi connectivity index (χ1) is 13.8. The quantitative estimate of drug-likeness (QED) is 0.356. The van der Waals surface area contributed by atoms with E-state index in [0.717, 1.165) is 58.1 Å². The minimum absolute atomic E-state index is 0. The Kier molecular flexibility index (Phi) is 8.62. The second kappa shape index (κ2) is 11.0. The summed E-state index contributed by atoms with van der Waals surface area (Å²) in [6.45, 7) is 4.65. The van der Waals surface area contributed by atoms with Gasteiger partial charge in [0, 0.05) is 38.7 Å². The van der Waals surface area contributed by atoms with Crippen LogP contribution in [-0.2, 0) is 14.9 Å². The number of hydrogen-bond donors (Lipinski definition) is 1. The van der Waals surface area contributed by atoms with Crippen molar-refractivity contribution in [1.82, 2.24) is 10.2 Å². The first kappa shape index (κ1) is 22.8. The van der Waals surface area contributed by atoms with Gasteiger partial charge in [-0.05, 0) is 50.5 Å². The van der Waals surface area contributed by atoms with E-state index in [-0.39, 0.29) is 24.0 Å². The van der Waals surface area contributed by atoms with E-state index in [9.17, 15) is 0 Å². The van der Waals surface area contributed by atoms with Gasteiger partial charge < -0.3 is 19.7 Å². The molecule has 2 saturated heterocycles. The third-order valence-electron chi connectivity index (χ3n) is 6.57. The Balaban J connectivity index is 0.00000240. The lowest BCUT2D eigenvalue weighted by Gasteiger charge is -2.35. The summed E-state index contributed by atoms with van der Waals surface area (Å²) in [5, 5.41) is 3.65. The topological polar surface area (TPSA) is 46.1 Å². The van der Waals surface area contributed by atoms with E-state index in [4.69, 9.17) is 9.47 Å². The predicted molar refractivity (Wildman–Crippen MR) is 128 cm³/mol. The van der Waals surface area contributed by atoms with Crippen LogP contribution in [0.2, 0.25) is 0 Å². The Bertz CT molecular complexity index is 637. The number of aliphatic imine (C=N–C) groups is 1. The van der Waals surface area contributed by atoms with E-state index in [1.807, 2.05) is 7.05 Å². The summed E-state index contributed by atoms with van der Waals surface area (Å²) >= 11 is 0. The highest BCUT2D eigenvalue weighted by molar-refractivity contribution is 14.0. The number of hydrogen-bond acceptors (Lipinski definition) is 3. The van der Waals surface area contributed by atoms with Crippen LogP contribution in [0.1, 0.15) is 50.5 Å².